The summed E-state index contributed by atoms with van der Waals surface area (Å²) >= 11 is 1.98. The molecule has 0 spiro atoms. The summed E-state index contributed by atoms with van der Waals surface area (Å²) in [5.74, 6) is 4.46. The fourth-order valence-corrected chi connectivity index (χ4v) is 4.16. The van der Waals surface area contributed by atoms with Crippen LogP contribution in [0.5, 0.6) is 0 Å². The minimum Gasteiger partial charge on any atom is -0.313 e. The average molecular weight is 253 g/mol. The highest BCUT2D eigenvalue weighted by molar-refractivity contribution is 7.99. The second-order valence-electron chi connectivity index (χ2n) is 5.63. The van der Waals surface area contributed by atoms with Crippen molar-refractivity contribution in [2.24, 2.45) is 11.8 Å². The third kappa shape index (κ3) is 4.33. The van der Waals surface area contributed by atoms with Crippen LogP contribution in [-0.4, -0.2) is 24.1 Å². The topological polar surface area (TPSA) is 12.0 Å². The van der Waals surface area contributed by atoms with Gasteiger partial charge in [-0.3, -0.25) is 0 Å². The first-order chi connectivity index (χ1) is 8.40. The van der Waals surface area contributed by atoms with Crippen molar-refractivity contribution >= 4 is 11.8 Å². The molecule has 0 saturated heterocycles. The highest BCUT2D eigenvalue weighted by Gasteiger charge is 2.31. The molecule has 0 aromatic carbocycles. The molecule has 0 bridgehead atoms. The van der Waals surface area contributed by atoms with Gasteiger partial charge in [-0.1, -0.05) is 31.8 Å². The van der Waals surface area contributed by atoms with Crippen LogP contribution in [-0.2, 0) is 0 Å². The van der Waals surface area contributed by atoms with Gasteiger partial charge in [-0.2, -0.15) is 11.8 Å². The summed E-state index contributed by atoms with van der Waals surface area (Å²) in [6.07, 6.45) is 12.4. The normalized spacial score (nSPS) is 33.1. The van der Waals surface area contributed by atoms with Crippen LogP contribution in [0.3, 0.4) is 0 Å². The van der Waals surface area contributed by atoms with Crippen LogP contribution in [0.25, 0.3) is 0 Å². The maximum atomic E-state index is 3.76. The molecular formula is C15H27NS. The smallest absolute Gasteiger partial charge is 0.0111 e. The van der Waals surface area contributed by atoms with Crippen molar-refractivity contribution in [1.82, 2.24) is 5.32 Å². The van der Waals surface area contributed by atoms with E-state index in [2.05, 4.69) is 11.9 Å². The lowest BCUT2D eigenvalue weighted by Gasteiger charge is -2.39. The molecule has 0 aromatic heterocycles. The maximum Gasteiger partial charge on any atom is 0.0111 e. The predicted molar refractivity (Wildman–Crippen MR) is 78.6 cm³/mol. The Hall–Kier alpha value is 0.0500. The van der Waals surface area contributed by atoms with E-state index in [1.54, 1.807) is 0 Å². The SMILES string of the molecule is C=CCSCCNC1CCC2CCCCC2C1. The third-order valence-corrected chi connectivity index (χ3v) is 5.42. The average Bonchev–Trinajstić information content (AvgIpc) is 2.38. The Morgan fingerprint density at radius 1 is 1.12 bits per heavy atom. The van der Waals surface area contributed by atoms with Gasteiger partial charge in [0.2, 0.25) is 0 Å². The second kappa shape index (κ2) is 7.48. The molecule has 98 valence electrons. The van der Waals surface area contributed by atoms with Crippen molar-refractivity contribution in [3.05, 3.63) is 12.7 Å². The lowest BCUT2D eigenvalue weighted by atomic mass is 9.69. The first-order valence-corrected chi connectivity index (χ1v) is 8.47. The molecule has 1 nitrogen and oxygen atoms in total. The van der Waals surface area contributed by atoms with Gasteiger partial charge in [0.25, 0.3) is 0 Å². The molecule has 3 unspecified atom stereocenters. The Bertz CT molecular complexity index is 229. The van der Waals surface area contributed by atoms with Crippen LogP contribution in [0.2, 0.25) is 0 Å². The fraction of sp³-hybridized carbons (Fsp3) is 0.867. The Labute approximate surface area is 111 Å². The lowest BCUT2D eigenvalue weighted by Crippen LogP contribution is -2.39. The molecule has 2 aliphatic carbocycles. The summed E-state index contributed by atoms with van der Waals surface area (Å²) in [5.41, 5.74) is 0. The molecule has 2 aliphatic rings. The number of hydrogen-bond acceptors (Lipinski definition) is 2. The molecule has 3 atom stereocenters. The van der Waals surface area contributed by atoms with E-state index < -0.39 is 0 Å². The van der Waals surface area contributed by atoms with E-state index in [-0.39, 0.29) is 0 Å². The summed E-state index contributed by atoms with van der Waals surface area (Å²) in [6, 6.07) is 0.818. The molecule has 0 amide bonds. The largest absolute Gasteiger partial charge is 0.313 e. The number of rotatable bonds is 6. The molecule has 0 radical (unpaired) electrons. The van der Waals surface area contributed by atoms with E-state index >= 15 is 0 Å². The van der Waals surface area contributed by atoms with E-state index in [0.717, 1.165) is 23.6 Å². The first-order valence-electron chi connectivity index (χ1n) is 7.32. The van der Waals surface area contributed by atoms with E-state index in [1.807, 2.05) is 17.8 Å². The summed E-state index contributed by atoms with van der Waals surface area (Å²) in [4.78, 5) is 0. The fourth-order valence-electron chi connectivity index (χ4n) is 3.56. The quantitative estimate of drug-likeness (QED) is 0.570. The van der Waals surface area contributed by atoms with Gasteiger partial charge < -0.3 is 5.32 Å². The van der Waals surface area contributed by atoms with Gasteiger partial charge >= 0.3 is 0 Å². The van der Waals surface area contributed by atoms with Gasteiger partial charge in [0.1, 0.15) is 0 Å². The van der Waals surface area contributed by atoms with E-state index in [9.17, 15) is 0 Å². The van der Waals surface area contributed by atoms with Crippen molar-refractivity contribution in [3.8, 4) is 0 Å². The molecule has 1 N–H and O–H groups in total. The van der Waals surface area contributed by atoms with Crippen molar-refractivity contribution in [3.63, 3.8) is 0 Å². The highest BCUT2D eigenvalue weighted by atomic mass is 32.2. The van der Waals surface area contributed by atoms with Crippen molar-refractivity contribution in [1.29, 1.82) is 0 Å². The molecular weight excluding hydrogens is 226 g/mol. The molecule has 17 heavy (non-hydrogen) atoms. The second-order valence-corrected chi connectivity index (χ2v) is 6.78. The Morgan fingerprint density at radius 2 is 1.94 bits per heavy atom. The monoisotopic (exact) mass is 253 g/mol. The summed E-state index contributed by atoms with van der Waals surface area (Å²) < 4.78 is 0. The number of fused-ring (bicyclic) bond motifs is 1. The number of hydrogen-bond donors (Lipinski definition) is 1. The van der Waals surface area contributed by atoms with Crippen LogP contribution < -0.4 is 5.32 Å². The highest BCUT2D eigenvalue weighted by Crippen LogP contribution is 2.40. The molecule has 0 aromatic rings. The first kappa shape index (κ1) is 13.5. The summed E-state index contributed by atoms with van der Waals surface area (Å²) in [6.45, 7) is 4.93. The van der Waals surface area contributed by atoms with Crippen molar-refractivity contribution < 1.29 is 0 Å². The van der Waals surface area contributed by atoms with Crippen LogP contribution in [0.4, 0.5) is 0 Å². The van der Waals surface area contributed by atoms with Gasteiger partial charge in [0, 0.05) is 24.1 Å². The third-order valence-electron chi connectivity index (χ3n) is 4.45. The summed E-state index contributed by atoms with van der Waals surface area (Å²) in [5, 5.41) is 3.76. The van der Waals surface area contributed by atoms with Crippen molar-refractivity contribution in [2.45, 2.75) is 51.0 Å². The molecule has 2 heteroatoms. The zero-order valence-electron chi connectivity index (χ0n) is 11.0. The zero-order chi connectivity index (χ0) is 11.9. The molecule has 2 fully saturated rings. The van der Waals surface area contributed by atoms with Gasteiger partial charge in [-0.25, -0.2) is 0 Å². The van der Waals surface area contributed by atoms with Crippen LogP contribution in [0.15, 0.2) is 12.7 Å². The Kier molecular flexibility index (Phi) is 5.93. The Morgan fingerprint density at radius 3 is 2.76 bits per heavy atom. The van der Waals surface area contributed by atoms with E-state index in [0.29, 0.717) is 0 Å². The number of nitrogens with one attached hydrogen (secondary N) is 1. The number of thioether (sulfide) groups is 1. The minimum atomic E-state index is 0.818. The van der Waals surface area contributed by atoms with Crippen molar-refractivity contribution in [2.75, 3.05) is 18.1 Å². The zero-order valence-corrected chi connectivity index (χ0v) is 11.8. The predicted octanol–water partition coefficient (Wildman–Crippen LogP) is 3.85. The molecule has 2 saturated carbocycles. The van der Waals surface area contributed by atoms with Gasteiger partial charge in [-0.15, -0.1) is 6.58 Å². The van der Waals surface area contributed by atoms with E-state index in [1.165, 1.54) is 57.2 Å². The van der Waals surface area contributed by atoms with Crippen LogP contribution in [0, 0.1) is 11.8 Å². The van der Waals surface area contributed by atoms with Gasteiger partial charge in [0.15, 0.2) is 0 Å². The molecule has 0 heterocycles. The lowest BCUT2D eigenvalue weighted by molar-refractivity contribution is 0.145. The molecule has 2 rings (SSSR count). The maximum absolute atomic E-state index is 3.76. The summed E-state index contributed by atoms with van der Waals surface area (Å²) in [7, 11) is 0. The minimum absolute atomic E-state index is 0.818. The van der Waals surface area contributed by atoms with Crippen LogP contribution in [0.1, 0.15) is 44.9 Å². The van der Waals surface area contributed by atoms with Gasteiger partial charge in [0.05, 0.1) is 0 Å². The standard InChI is InChI=1S/C15H27NS/c1-2-10-17-11-9-16-15-8-7-13-5-3-4-6-14(13)12-15/h2,13-16H,1,3-12H2. The Balaban J connectivity index is 1.60. The van der Waals surface area contributed by atoms with Crippen LogP contribution >= 0.6 is 11.8 Å². The molecule has 0 aliphatic heterocycles. The van der Waals surface area contributed by atoms with E-state index in [4.69, 9.17) is 0 Å². The van der Waals surface area contributed by atoms with Gasteiger partial charge in [-0.05, 0) is 31.1 Å².